The molecule has 8 heteroatoms. The van der Waals surface area contributed by atoms with E-state index in [1.165, 1.54) is 12.1 Å². The summed E-state index contributed by atoms with van der Waals surface area (Å²) in [4.78, 5) is 17.5. The number of rotatable bonds is 5. The van der Waals surface area contributed by atoms with Crippen LogP contribution in [0, 0.1) is 0 Å². The molecule has 1 aliphatic heterocycles. The fourth-order valence-corrected chi connectivity index (χ4v) is 3.38. The second-order valence-corrected chi connectivity index (χ2v) is 6.78. The molecule has 1 saturated heterocycles. The van der Waals surface area contributed by atoms with Crippen molar-refractivity contribution in [2.45, 2.75) is 32.4 Å². The van der Waals surface area contributed by atoms with Crippen LogP contribution < -0.4 is 10.6 Å². The highest BCUT2D eigenvalue weighted by Crippen LogP contribution is 2.29. The van der Waals surface area contributed by atoms with Gasteiger partial charge in [0.1, 0.15) is 5.75 Å². The van der Waals surface area contributed by atoms with Gasteiger partial charge in [-0.3, -0.25) is 4.79 Å². The van der Waals surface area contributed by atoms with E-state index < -0.39 is 0 Å². The van der Waals surface area contributed by atoms with Gasteiger partial charge in [-0.1, -0.05) is 0 Å². The first-order valence-electron chi connectivity index (χ1n) is 9.45. The Morgan fingerprint density at radius 1 is 1.25 bits per heavy atom. The molecule has 2 aromatic heterocycles. The molecular formula is C20H23N5O3. The molecule has 1 aromatic carbocycles. The summed E-state index contributed by atoms with van der Waals surface area (Å²) in [7, 11) is 0. The first-order chi connectivity index (χ1) is 13.7. The number of carbonyl (C=O) groups excluding carboxylic acids is 1. The van der Waals surface area contributed by atoms with Crippen LogP contribution in [-0.4, -0.2) is 45.0 Å². The quantitative estimate of drug-likeness (QED) is 0.587. The topological polar surface area (TPSA) is 101 Å². The average molecular weight is 381 g/mol. The zero-order chi connectivity index (χ0) is 19.5. The summed E-state index contributed by atoms with van der Waals surface area (Å²) in [6.07, 6.45) is 5.11. The Bertz CT molecular complexity index is 977. The summed E-state index contributed by atoms with van der Waals surface area (Å²) >= 11 is 0. The van der Waals surface area contributed by atoms with E-state index in [2.05, 4.69) is 20.7 Å². The Hall–Kier alpha value is -3.13. The van der Waals surface area contributed by atoms with Crippen LogP contribution in [0.5, 0.6) is 5.75 Å². The number of ether oxygens (including phenoxy) is 1. The maximum absolute atomic E-state index is 13.0. The molecule has 28 heavy (non-hydrogen) atoms. The van der Waals surface area contributed by atoms with Crippen molar-refractivity contribution in [2.75, 3.05) is 23.8 Å². The molecule has 8 nitrogen and oxygen atoms in total. The molecule has 3 N–H and O–H groups in total. The zero-order valence-electron chi connectivity index (χ0n) is 15.7. The Morgan fingerprint density at radius 3 is 2.71 bits per heavy atom. The summed E-state index contributed by atoms with van der Waals surface area (Å²) in [5.74, 6) is -0.117. The van der Waals surface area contributed by atoms with E-state index in [-0.39, 0.29) is 17.7 Å². The van der Waals surface area contributed by atoms with E-state index >= 15 is 0 Å². The van der Waals surface area contributed by atoms with Gasteiger partial charge in [-0.05, 0) is 44.0 Å². The normalized spacial score (nSPS) is 14.9. The van der Waals surface area contributed by atoms with Gasteiger partial charge in [-0.15, -0.1) is 0 Å². The van der Waals surface area contributed by atoms with Crippen LogP contribution in [0.4, 0.5) is 11.4 Å². The van der Waals surface area contributed by atoms with E-state index in [1.807, 2.05) is 11.6 Å². The largest absolute Gasteiger partial charge is 0.508 e. The molecule has 1 amide bonds. The molecule has 3 heterocycles. The number of carbonyl (C=O) groups is 1. The van der Waals surface area contributed by atoms with Crippen LogP contribution in [0.25, 0.3) is 11.0 Å². The smallest absolute Gasteiger partial charge is 0.259 e. The number of hydrogen-bond donors (Lipinski definition) is 3. The molecule has 0 spiro atoms. The number of phenols is 1. The minimum atomic E-state index is -0.265. The van der Waals surface area contributed by atoms with E-state index in [1.54, 1.807) is 24.5 Å². The predicted octanol–water partition coefficient (Wildman–Crippen LogP) is 3.00. The van der Waals surface area contributed by atoms with Crippen molar-refractivity contribution >= 4 is 28.3 Å². The summed E-state index contributed by atoms with van der Waals surface area (Å²) in [6, 6.07) is 6.59. The molecule has 0 bridgehead atoms. The molecule has 0 saturated carbocycles. The third-order valence-electron chi connectivity index (χ3n) is 4.91. The lowest BCUT2D eigenvalue weighted by Gasteiger charge is -2.25. The summed E-state index contributed by atoms with van der Waals surface area (Å²) in [6.45, 7) is 4.11. The molecule has 4 rings (SSSR count). The first-order valence-corrected chi connectivity index (χ1v) is 9.45. The fourth-order valence-electron chi connectivity index (χ4n) is 3.38. The summed E-state index contributed by atoms with van der Waals surface area (Å²) < 4.78 is 7.26. The van der Waals surface area contributed by atoms with Gasteiger partial charge in [-0.25, -0.2) is 9.67 Å². The number of amides is 1. The first kappa shape index (κ1) is 18.2. The number of anilines is 2. The second kappa shape index (κ2) is 7.85. The highest BCUT2D eigenvalue weighted by Gasteiger charge is 2.22. The van der Waals surface area contributed by atoms with Crippen LogP contribution in [0.3, 0.4) is 0 Å². The molecular weight excluding hydrogens is 358 g/mol. The molecule has 146 valence electrons. The van der Waals surface area contributed by atoms with Crippen LogP contribution >= 0.6 is 0 Å². The Labute approximate surface area is 162 Å². The van der Waals surface area contributed by atoms with Gasteiger partial charge in [-0.2, -0.15) is 5.10 Å². The maximum Gasteiger partial charge on any atom is 0.259 e. The monoisotopic (exact) mass is 381 g/mol. The maximum atomic E-state index is 13.0. The number of benzene rings is 1. The van der Waals surface area contributed by atoms with Crippen molar-refractivity contribution < 1.29 is 14.6 Å². The lowest BCUT2D eigenvalue weighted by molar-refractivity contribution is 0.0904. The van der Waals surface area contributed by atoms with Crippen LogP contribution in [0.1, 0.15) is 30.1 Å². The lowest BCUT2D eigenvalue weighted by Crippen LogP contribution is -2.29. The molecule has 1 aliphatic rings. The van der Waals surface area contributed by atoms with Crippen molar-refractivity contribution in [3.05, 3.63) is 42.2 Å². The summed E-state index contributed by atoms with van der Waals surface area (Å²) in [5, 5.41) is 21.0. The third-order valence-corrected chi connectivity index (χ3v) is 4.91. The summed E-state index contributed by atoms with van der Waals surface area (Å²) in [5.41, 5.74) is 2.55. The number of phenolic OH excluding ortho intramolecular Hbond substituents is 1. The Balaban J connectivity index is 1.70. The zero-order valence-corrected chi connectivity index (χ0v) is 15.7. The highest BCUT2D eigenvalue weighted by molar-refractivity contribution is 6.12. The lowest BCUT2D eigenvalue weighted by atomic mass is 10.1. The van der Waals surface area contributed by atoms with Crippen molar-refractivity contribution in [2.24, 2.45) is 0 Å². The minimum absolute atomic E-state index is 0.148. The van der Waals surface area contributed by atoms with E-state index in [0.717, 1.165) is 29.6 Å². The van der Waals surface area contributed by atoms with Gasteiger partial charge >= 0.3 is 0 Å². The van der Waals surface area contributed by atoms with Gasteiger partial charge < -0.3 is 20.5 Å². The van der Waals surface area contributed by atoms with E-state index in [0.29, 0.717) is 31.0 Å². The van der Waals surface area contributed by atoms with Crippen molar-refractivity contribution in [1.29, 1.82) is 0 Å². The molecule has 0 atom stereocenters. The average Bonchev–Trinajstić information content (AvgIpc) is 3.14. The van der Waals surface area contributed by atoms with E-state index in [9.17, 15) is 9.90 Å². The van der Waals surface area contributed by atoms with Gasteiger partial charge in [0.2, 0.25) is 0 Å². The van der Waals surface area contributed by atoms with Crippen LogP contribution in [-0.2, 0) is 11.3 Å². The number of aromatic nitrogens is 3. The highest BCUT2D eigenvalue weighted by atomic mass is 16.5. The number of pyridine rings is 1. The molecule has 0 radical (unpaired) electrons. The predicted molar refractivity (Wildman–Crippen MR) is 107 cm³/mol. The number of nitrogens with zero attached hydrogens (tertiary/aromatic N) is 3. The number of hydrogen-bond acceptors (Lipinski definition) is 6. The number of fused-ring (bicyclic) bond motifs is 1. The standard InChI is InChI=1S/C20H23N5O3/c1-2-25-19-16(12-22-25)18(23-14-7-9-28-10-8-14)17(11-21-19)20(27)24-13-3-5-15(26)6-4-13/h3-6,11-12,14,26H,2,7-10H2,1H3,(H,21,23)(H,24,27). The Morgan fingerprint density at radius 2 is 2.00 bits per heavy atom. The molecule has 3 aromatic rings. The number of aryl methyl sites for hydroxylation is 1. The third kappa shape index (κ3) is 3.63. The number of nitrogens with one attached hydrogen (secondary N) is 2. The van der Waals surface area contributed by atoms with Crippen LogP contribution in [0.15, 0.2) is 36.7 Å². The van der Waals surface area contributed by atoms with Crippen molar-refractivity contribution in [3.63, 3.8) is 0 Å². The second-order valence-electron chi connectivity index (χ2n) is 6.78. The van der Waals surface area contributed by atoms with Gasteiger partial charge in [0.05, 0.1) is 22.8 Å². The fraction of sp³-hybridized carbons (Fsp3) is 0.350. The van der Waals surface area contributed by atoms with Crippen LogP contribution in [0.2, 0.25) is 0 Å². The minimum Gasteiger partial charge on any atom is -0.508 e. The molecule has 0 aliphatic carbocycles. The van der Waals surface area contributed by atoms with Crippen molar-refractivity contribution in [3.8, 4) is 5.75 Å². The molecule has 0 unspecified atom stereocenters. The van der Waals surface area contributed by atoms with Gasteiger partial charge in [0, 0.05) is 37.7 Å². The molecule has 1 fully saturated rings. The van der Waals surface area contributed by atoms with Gasteiger partial charge in [0.15, 0.2) is 5.65 Å². The Kier molecular flexibility index (Phi) is 5.12. The van der Waals surface area contributed by atoms with Crippen molar-refractivity contribution in [1.82, 2.24) is 14.8 Å². The van der Waals surface area contributed by atoms with E-state index in [4.69, 9.17) is 4.74 Å². The SMILES string of the molecule is CCn1ncc2c(NC3CCOCC3)c(C(=O)Nc3ccc(O)cc3)cnc21. The number of aromatic hydroxyl groups is 1. The van der Waals surface area contributed by atoms with Gasteiger partial charge in [0.25, 0.3) is 5.91 Å².